The third-order valence-electron chi connectivity index (χ3n) is 4.19. The minimum Gasteiger partial charge on any atom is -0.378 e. The summed E-state index contributed by atoms with van der Waals surface area (Å²) in [5.74, 6) is 1.94. The second-order valence-electron chi connectivity index (χ2n) is 5.99. The zero-order valence-corrected chi connectivity index (χ0v) is 15.4. The van der Waals surface area contributed by atoms with Crippen LogP contribution < -0.4 is 10.2 Å². The number of anilines is 2. The molecule has 25 heavy (non-hydrogen) atoms. The number of nitrogens with one attached hydrogen (secondary N) is 1. The molecule has 3 rings (SSSR count). The lowest BCUT2D eigenvalue weighted by molar-refractivity contribution is -0.113. The third kappa shape index (κ3) is 4.76. The molecule has 0 unspecified atom stereocenters. The van der Waals surface area contributed by atoms with Crippen molar-refractivity contribution in [2.45, 2.75) is 19.6 Å². The fourth-order valence-corrected chi connectivity index (χ4v) is 3.70. The second-order valence-corrected chi connectivity index (χ2v) is 6.98. The first-order chi connectivity index (χ1) is 12.1. The molecule has 1 aliphatic heterocycles. The predicted octanol–water partition coefficient (Wildman–Crippen LogP) is 3.00. The van der Waals surface area contributed by atoms with Gasteiger partial charge >= 0.3 is 0 Å². The van der Waals surface area contributed by atoms with Gasteiger partial charge in [-0.2, -0.15) is 0 Å². The number of hydrogen-bond acceptors (Lipinski definition) is 6. The van der Waals surface area contributed by atoms with Gasteiger partial charge in [0.1, 0.15) is 5.76 Å². The Kier molecular flexibility index (Phi) is 5.99. The van der Waals surface area contributed by atoms with Crippen molar-refractivity contribution in [1.82, 2.24) is 5.16 Å². The summed E-state index contributed by atoms with van der Waals surface area (Å²) in [4.78, 5) is 14.4. The van der Waals surface area contributed by atoms with Crippen molar-refractivity contribution in [3.63, 3.8) is 0 Å². The average molecular weight is 361 g/mol. The maximum absolute atomic E-state index is 12.1. The van der Waals surface area contributed by atoms with Crippen LogP contribution >= 0.6 is 11.8 Å². The zero-order chi connectivity index (χ0) is 17.6. The summed E-state index contributed by atoms with van der Waals surface area (Å²) in [5.41, 5.74) is 3.95. The van der Waals surface area contributed by atoms with Crippen LogP contribution in [0.3, 0.4) is 0 Å². The SMILES string of the molecule is Cc1noc(C)c1CSCC(=O)Nc1ccc(N2CCOCC2)cc1. The maximum atomic E-state index is 12.1. The molecule has 1 aliphatic rings. The van der Waals surface area contributed by atoms with Gasteiger partial charge in [-0.3, -0.25) is 4.79 Å². The van der Waals surface area contributed by atoms with Crippen LogP contribution in [0.2, 0.25) is 0 Å². The van der Waals surface area contributed by atoms with E-state index in [4.69, 9.17) is 9.26 Å². The quantitative estimate of drug-likeness (QED) is 0.853. The number of thioether (sulfide) groups is 1. The monoisotopic (exact) mass is 361 g/mol. The lowest BCUT2D eigenvalue weighted by Crippen LogP contribution is -2.36. The highest BCUT2D eigenvalue weighted by molar-refractivity contribution is 7.99. The van der Waals surface area contributed by atoms with Crippen LogP contribution in [-0.4, -0.2) is 43.1 Å². The van der Waals surface area contributed by atoms with Crippen LogP contribution in [0.25, 0.3) is 0 Å². The Bertz CT molecular complexity index is 689. The fraction of sp³-hybridized carbons (Fsp3) is 0.444. The molecule has 1 aromatic carbocycles. The second kappa shape index (κ2) is 8.40. The first kappa shape index (κ1) is 17.8. The molecule has 0 saturated carbocycles. The standard InChI is InChI=1S/C18H23N3O3S/c1-13-17(14(2)24-20-13)11-25-12-18(22)19-15-3-5-16(6-4-15)21-7-9-23-10-8-21/h3-6H,7-12H2,1-2H3,(H,19,22). The summed E-state index contributed by atoms with van der Waals surface area (Å²) in [7, 11) is 0. The van der Waals surface area contributed by atoms with Crippen molar-refractivity contribution in [3.8, 4) is 0 Å². The van der Waals surface area contributed by atoms with Crippen molar-refractivity contribution < 1.29 is 14.1 Å². The fourth-order valence-electron chi connectivity index (χ4n) is 2.73. The Balaban J connectivity index is 1.46. The van der Waals surface area contributed by atoms with E-state index < -0.39 is 0 Å². The Morgan fingerprint density at radius 2 is 1.96 bits per heavy atom. The molecule has 6 nitrogen and oxygen atoms in total. The number of ether oxygens (including phenoxy) is 1. The summed E-state index contributed by atoms with van der Waals surface area (Å²) in [5, 5.41) is 6.87. The number of amides is 1. The number of morpholine rings is 1. The van der Waals surface area contributed by atoms with Gasteiger partial charge in [0, 0.05) is 35.8 Å². The topological polar surface area (TPSA) is 67.6 Å². The molecule has 0 aliphatic carbocycles. The lowest BCUT2D eigenvalue weighted by Gasteiger charge is -2.28. The summed E-state index contributed by atoms with van der Waals surface area (Å²) in [6.07, 6.45) is 0. The van der Waals surface area contributed by atoms with Gasteiger partial charge in [-0.25, -0.2) is 0 Å². The van der Waals surface area contributed by atoms with E-state index in [9.17, 15) is 4.79 Å². The summed E-state index contributed by atoms with van der Waals surface area (Å²) < 4.78 is 10.5. The Labute approximate surface area is 151 Å². The highest BCUT2D eigenvalue weighted by atomic mass is 32.2. The molecule has 1 amide bonds. The van der Waals surface area contributed by atoms with Crippen molar-refractivity contribution in [1.29, 1.82) is 0 Å². The van der Waals surface area contributed by atoms with E-state index in [0.29, 0.717) is 5.75 Å². The number of aromatic nitrogens is 1. The van der Waals surface area contributed by atoms with Crippen LogP contribution in [0, 0.1) is 13.8 Å². The number of carbonyl (C=O) groups is 1. The smallest absolute Gasteiger partial charge is 0.234 e. The van der Waals surface area contributed by atoms with Crippen LogP contribution in [0.5, 0.6) is 0 Å². The van der Waals surface area contributed by atoms with Gasteiger partial charge in [-0.1, -0.05) is 5.16 Å². The minimum absolute atomic E-state index is 0.00381. The first-order valence-electron chi connectivity index (χ1n) is 8.35. The minimum atomic E-state index is -0.00381. The van der Waals surface area contributed by atoms with E-state index >= 15 is 0 Å². The zero-order valence-electron chi connectivity index (χ0n) is 14.6. The highest BCUT2D eigenvalue weighted by Crippen LogP contribution is 2.21. The molecular weight excluding hydrogens is 338 g/mol. The number of nitrogens with zero attached hydrogens (tertiary/aromatic N) is 2. The van der Waals surface area contributed by atoms with Gasteiger partial charge in [-0.05, 0) is 38.1 Å². The average Bonchev–Trinajstić information content (AvgIpc) is 2.95. The van der Waals surface area contributed by atoms with Gasteiger partial charge in [0.15, 0.2) is 0 Å². The maximum Gasteiger partial charge on any atom is 0.234 e. The molecule has 134 valence electrons. The number of carbonyl (C=O) groups excluding carboxylic acids is 1. The largest absolute Gasteiger partial charge is 0.378 e. The van der Waals surface area contributed by atoms with Crippen molar-refractivity contribution in [2.75, 3.05) is 42.3 Å². The van der Waals surface area contributed by atoms with Crippen molar-refractivity contribution >= 4 is 29.0 Å². The van der Waals surface area contributed by atoms with Crippen LogP contribution in [0.15, 0.2) is 28.8 Å². The third-order valence-corrected chi connectivity index (χ3v) is 5.15. The molecule has 0 radical (unpaired) electrons. The van der Waals surface area contributed by atoms with Gasteiger partial charge in [0.2, 0.25) is 5.91 Å². The van der Waals surface area contributed by atoms with Gasteiger partial charge in [-0.15, -0.1) is 11.8 Å². The van der Waals surface area contributed by atoms with Crippen molar-refractivity contribution in [3.05, 3.63) is 41.3 Å². The number of benzene rings is 1. The van der Waals surface area contributed by atoms with Crippen molar-refractivity contribution in [2.24, 2.45) is 0 Å². The van der Waals surface area contributed by atoms with Gasteiger partial charge < -0.3 is 19.5 Å². The van der Waals surface area contributed by atoms with E-state index in [2.05, 4.69) is 15.4 Å². The molecule has 1 fully saturated rings. The van der Waals surface area contributed by atoms with Crippen LogP contribution in [-0.2, 0) is 15.3 Å². The Morgan fingerprint density at radius 3 is 2.60 bits per heavy atom. The molecular formula is C18H23N3O3S. The summed E-state index contributed by atoms with van der Waals surface area (Å²) in [6, 6.07) is 7.97. The number of hydrogen-bond donors (Lipinski definition) is 1. The van der Waals surface area contributed by atoms with Crippen LogP contribution in [0.1, 0.15) is 17.0 Å². The molecule has 1 N–H and O–H groups in total. The van der Waals surface area contributed by atoms with Gasteiger partial charge in [0.25, 0.3) is 0 Å². The first-order valence-corrected chi connectivity index (χ1v) is 9.51. The van der Waals surface area contributed by atoms with Crippen LogP contribution in [0.4, 0.5) is 11.4 Å². The van der Waals surface area contributed by atoms with E-state index in [-0.39, 0.29) is 5.91 Å². The Hall–Kier alpha value is -1.99. The number of aryl methyl sites for hydroxylation is 2. The molecule has 2 heterocycles. The lowest BCUT2D eigenvalue weighted by atomic mass is 10.2. The summed E-state index contributed by atoms with van der Waals surface area (Å²) in [6.45, 7) is 7.16. The molecule has 2 aromatic rings. The Morgan fingerprint density at radius 1 is 1.24 bits per heavy atom. The summed E-state index contributed by atoms with van der Waals surface area (Å²) >= 11 is 1.56. The van der Waals surface area contributed by atoms with Gasteiger partial charge in [0.05, 0.1) is 24.7 Å². The molecule has 0 spiro atoms. The number of rotatable bonds is 6. The molecule has 1 saturated heterocycles. The van der Waals surface area contributed by atoms with E-state index in [0.717, 1.165) is 60.4 Å². The molecule has 0 bridgehead atoms. The van der Waals surface area contributed by atoms with E-state index in [1.54, 1.807) is 11.8 Å². The van der Waals surface area contributed by atoms with E-state index in [1.807, 2.05) is 38.1 Å². The normalized spacial score (nSPS) is 14.6. The molecule has 7 heteroatoms. The molecule has 1 aromatic heterocycles. The molecule has 0 atom stereocenters. The highest BCUT2D eigenvalue weighted by Gasteiger charge is 2.12. The predicted molar refractivity (Wildman–Crippen MR) is 100 cm³/mol. The van der Waals surface area contributed by atoms with E-state index in [1.165, 1.54) is 0 Å².